The number of rotatable bonds is 5. The van der Waals surface area contributed by atoms with Crippen LogP contribution in [0.2, 0.25) is 0 Å². The van der Waals surface area contributed by atoms with E-state index in [0.29, 0.717) is 38.2 Å². The van der Waals surface area contributed by atoms with Crippen molar-refractivity contribution in [2.45, 2.75) is 11.8 Å². The molecule has 4 aromatic carbocycles. The number of benzene rings is 4. The Bertz CT molecular complexity index is 1890. The lowest BCUT2D eigenvalue weighted by molar-refractivity contribution is 0.101. The minimum atomic E-state index is -3.93. The zero-order chi connectivity index (χ0) is 27.0. The van der Waals surface area contributed by atoms with E-state index in [1.807, 2.05) is 30.3 Å². The van der Waals surface area contributed by atoms with Crippen LogP contribution >= 0.6 is 15.9 Å². The molecule has 188 valence electrons. The second-order valence-corrected chi connectivity index (χ2v) is 11.0. The van der Waals surface area contributed by atoms with Crippen molar-refractivity contribution in [1.29, 1.82) is 5.26 Å². The third-order valence-electron chi connectivity index (χ3n) is 6.00. The number of nitrogens with zero attached hydrogens (tertiary/aromatic N) is 3. The summed E-state index contributed by atoms with van der Waals surface area (Å²) in [4.78, 5) is 13.4. The Hall–Kier alpha value is -4.30. The number of nitrogens with two attached hydrogens (primary N) is 1. The van der Waals surface area contributed by atoms with Crippen molar-refractivity contribution < 1.29 is 13.2 Å². The summed E-state index contributed by atoms with van der Waals surface area (Å²) >= 11 is 3.48. The van der Waals surface area contributed by atoms with Crippen molar-refractivity contribution >= 4 is 48.3 Å². The van der Waals surface area contributed by atoms with E-state index in [9.17, 15) is 18.5 Å². The van der Waals surface area contributed by atoms with Gasteiger partial charge < -0.3 is 5.32 Å². The summed E-state index contributed by atoms with van der Waals surface area (Å²) in [6.45, 7) is 1.77. The number of nitriles is 1. The van der Waals surface area contributed by atoms with E-state index in [2.05, 4.69) is 32.4 Å². The third kappa shape index (κ3) is 4.82. The quantitative estimate of drug-likeness (QED) is 0.280. The van der Waals surface area contributed by atoms with E-state index in [4.69, 9.17) is 5.14 Å². The van der Waals surface area contributed by atoms with Crippen molar-refractivity contribution in [3.63, 3.8) is 0 Å². The number of carbonyl (C=O) groups excluding carboxylic acids is 1. The fraction of sp³-hybridized carbons (Fsp3) is 0.0357. The van der Waals surface area contributed by atoms with Gasteiger partial charge in [0.15, 0.2) is 0 Å². The van der Waals surface area contributed by atoms with Gasteiger partial charge in [0.2, 0.25) is 10.0 Å². The number of anilines is 1. The van der Waals surface area contributed by atoms with Crippen LogP contribution in [0.1, 0.15) is 21.7 Å². The molecule has 0 aliphatic rings. The molecule has 0 aliphatic carbocycles. The van der Waals surface area contributed by atoms with Crippen LogP contribution in [0.15, 0.2) is 94.3 Å². The number of aromatic nitrogens is 2. The molecule has 10 heteroatoms. The van der Waals surface area contributed by atoms with Crippen molar-refractivity contribution in [1.82, 2.24) is 9.78 Å². The van der Waals surface area contributed by atoms with Crippen LogP contribution in [0.25, 0.3) is 27.6 Å². The maximum Gasteiger partial charge on any atom is 0.274 e. The SMILES string of the molecule is Cc1cc(C(=O)Nc2ccc(-c3ccccc3S(N)(=O)=O)cc2Br)n(-c2cc3ccccc3cc2C#N)n1. The van der Waals surface area contributed by atoms with E-state index in [-0.39, 0.29) is 10.6 Å². The summed E-state index contributed by atoms with van der Waals surface area (Å²) in [6, 6.07) is 26.6. The molecule has 38 heavy (non-hydrogen) atoms. The van der Waals surface area contributed by atoms with Crippen molar-refractivity contribution in [3.05, 3.63) is 106 Å². The Morgan fingerprint density at radius 2 is 1.68 bits per heavy atom. The molecule has 0 saturated carbocycles. The molecule has 0 aliphatic heterocycles. The van der Waals surface area contributed by atoms with Crippen LogP contribution in [0, 0.1) is 18.3 Å². The number of hydrogen-bond donors (Lipinski definition) is 2. The fourth-order valence-electron chi connectivity index (χ4n) is 4.26. The lowest BCUT2D eigenvalue weighted by atomic mass is 10.1. The van der Waals surface area contributed by atoms with Crippen LogP contribution in [0.4, 0.5) is 5.69 Å². The van der Waals surface area contributed by atoms with Gasteiger partial charge in [-0.1, -0.05) is 48.5 Å². The molecule has 0 saturated heterocycles. The standard InChI is InChI=1S/C28H20BrN5O3S/c1-17-12-26(34(33-17)25-15-19-7-3-2-6-18(19)13-21(25)16-30)28(35)32-24-11-10-20(14-23(24)29)22-8-4-5-9-27(22)38(31,36)37/h2-15H,1H3,(H,32,35)(H2,31,36,37). The van der Waals surface area contributed by atoms with E-state index < -0.39 is 15.9 Å². The summed E-state index contributed by atoms with van der Waals surface area (Å²) in [6.07, 6.45) is 0. The predicted octanol–water partition coefficient (Wildman–Crippen LogP) is 5.53. The molecule has 5 aromatic rings. The van der Waals surface area contributed by atoms with Gasteiger partial charge in [0.25, 0.3) is 5.91 Å². The normalized spacial score (nSPS) is 11.3. The maximum absolute atomic E-state index is 13.4. The highest BCUT2D eigenvalue weighted by atomic mass is 79.9. The molecule has 0 radical (unpaired) electrons. The Morgan fingerprint density at radius 1 is 1.00 bits per heavy atom. The summed E-state index contributed by atoms with van der Waals surface area (Å²) in [5.41, 5.74) is 3.28. The molecule has 0 atom stereocenters. The number of nitrogens with one attached hydrogen (secondary N) is 1. The van der Waals surface area contributed by atoms with Gasteiger partial charge >= 0.3 is 0 Å². The molecule has 1 amide bonds. The number of hydrogen-bond acceptors (Lipinski definition) is 5. The van der Waals surface area contributed by atoms with Gasteiger partial charge in [0.1, 0.15) is 11.8 Å². The average Bonchev–Trinajstić information content (AvgIpc) is 3.30. The van der Waals surface area contributed by atoms with E-state index in [1.165, 1.54) is 10.7 Å². The minimum absolute atomic E-state index is 0.00624. The number of amides is 1. The largest absolute Gasteiger partial charge is 0.320 e. The highest BCUT2D eigenvalue weighted by molar-refractivity contribution is 9.10. The summed E-state index contributed by atoms with van der Waals surface area (Å²) in [7, 11) is -3.93. The first-order valence-electron chi connectivity index (χ1n) is 11.4. The van der Waals surface area contributed by atoms with E-state index in [1.54, 1.807) is 55.5 Å². The molecule has 0 bridgehead atoms. The topological polar surface area (TPSA) is 131 Å². The molecule has 0 unspecified atom stereocenters. The fourth-order valence-corrected chi connectivity index (χ4v) is 5.50. The van der Waals surface area contributed by atoms with Gasteiger partial charge in [-0.05, 0) is 75.6 Å². The van der Waals surface area contributed by atoms with Crippen LogP contribution in [-0.2, 0) is 10.0 Å². The first-order valence-corrected chi connectivity index (χ1v) is 13.7. The number of fused-ring (bicyclic) bond motifs is 1. The van der Waals surface area contributed by atoms with Crippen LogP contribution in [0.3, 0.4) is 0 Å². The number of aryl methyl sites for hydroxylation is 1. The molecule has 8 nitrogen and oxygen atoms in total. The molecule has 3 N–H and O–H groups in total. The predicted molar refractivity (Wildman–Crippen MR) is 149 cm³/mol. The van der Waals surface area contributed by atoms with Gasteiger partial charge in [-0.2, -0.15) is 10.4 Å². The zero-order valence-corrected chi connectivity index (χ0v) is 22.4. The van der Waals surface area contributed by atoms with Gasteiger partial charge in [-0.15, -0.1) is 0 Å². The Morgan fingerprint density at radius 3 is 2.37 bits per heavy atom. The van der Waals surface area contributed by atoms with Crippen molar-refractivity contribution in [2.75, 3.05) is 5.32 Å². The number of primary sulfonamides is 1. The third-order valence-corrected chi connectivity index (χ3v) is 7.62. The Kier molecular flexibility index (Phi) is 6.59. The summed E-state index contributed by atoms with van der Waals surface area (Å²) < 4.78 is 26.1. The zero-order valence-electron chi connectivity index (χ0n) is 20.0. The highest BCUT2D eigenvalue weighted by Crippen LogP contribution is 2.33. The lowest BCUT2D eigenvalue weighted by Gasteiger charge is -2.13. The summed E-state index contributed by atoms with van der Waals surface area (Å²) in [5.74, 6) is -0.430. The molecule has 1 aromatic heterocycles. The van der Waals surface area contributed by atoms with Gasteiger partial charge in [-0.3, -0.25) is 4.79 Å². The smallest absolute Gasteiger partial charge is 0.274 e. The van der Waals surface area contributed by atoms with Crippen molar-refractivity contribution in [3.8, 4) is 22.9 Å². The van der Waals surface area contributed by atoms with Crippen LogP contribution in [-0.4, -0.2) is 24.1 Å². The second kappa shape index (κ2) is 9.87. The number of halogens is 1. The second-order valence-electron chi connectivity index (χ2n) is 8.60. The maximum atomic E-state index is 13.4. The first-order chi connectivity index (χ1) is 18.2. The van der Waals surface area contributed by atoms with Gasteiger partial charge in [0.05, 0.1) is 27.5 Å². The van der Waals surface area contributed by atoms with Gasteiger partial charge in [-0.25, -0.2) is 18.2 Å². The molecule has 5 rings (SSSR count). The molecular formula is C28H20BrN5O3S. The van der Waals surface area contributed by atoms with Crippen LogP contribution in [0.5, 0.6) is 0 Å². The minimum Gasteiger partial charge on any atom is -0.320 e. The highest BCUT2D eigenvalue weighted by Gasteiger charge is 2.20. The summed E-state index contributed by atoms with van der Waals surface area (Å²) in [5, 5.41) is 24.4. The monoisotopic (exact) mass is 585 g/mol. The lowest BCUT2D eigenvalue weighted by Crippen LogP contribution is -2.18. The first kappa shape index (κ1) is 25.4. The number of sulfonamides is 1. The molecule has 1 heterocycles. The number of carbonyl (C=O) groups is 1. The Labute approximate surface area is 227 Å². The molecular weight excluding hydrogens is 566 g/mol. The average molecular weight is 586 g/mol. The van der Waals surface area contributed by atoms with Crippen LogP contribution < -0.4 is 10.5 Å². The molecule has 0 spiro atoms. The Balaban J connectivity index is 1.51. The van der Waals surface area contributed by atoms with E-state index in [0.717, 1.165) is 10.8 Å². The van der Waals surface area contributed by atoms with E-state index >= 15 is 0 Å². The van der Waals surface area contributed by atoms with Gasteiger partial charge in [0, 0.05) is 10.0 Å². The van der Waals surface area contributed by atoms with Crippen molar-refractivity contribution in [2.24, 2.45) is 5.14 Å². The molecule has 0 fully saturated rings.